The molecule has 1 heterocycles. The molecule has 1 atom stereocenters. The Morgan fingerprint density at radius 3 is 2.54 bits per heavy atom. The SMILES string of the molecule is COCC1(C(=O)O)CCCN(C(=O)c2ccccc2COc2ccccc2)C1. The third-order valence-electron chi connectivity index (χ3n) is 5.12. The van der Waals surface area contributed by atoms with Crippen molar-refractivity contribution in [3.05, 3.63) is 65.7 Å². The fraction of sp³-hybridized carbons (Fsp3) is 0.364. The highest BCUT2D eigenvalue weighted by molar-refractivity contribution is 5.96. The molecule has 6 heteroatoms. The first-order chi connectivity index (χ1) is 13.6. The number of carboxylic acids is 1. The van der Waals surface area contributed by atoms with Gasteiger partial charge in [0.25, 0.3) is 5.91 Å². The van der Waals surface area contributed by atoms with Gasteiger partial charge in [-0.15, -0.1) is 0 Å². The molecule has 0 bridgehead atoms. The van der Waals surface area contributed by atoms with Gasteiger partial charge in [0.2, 0.25) is 0 Å². The number of aliphatic carboxylic acids is 1. The Balaban J connectivity index is 1.77. The van der Waals surface area contributed by atoms with Gasteiger partial charge in [-0.25, -0.2) is 0 Å². The van der Waals surface area contributed by atoms with Crippen LogP contribution in [0.25, 0.3) is 0 Å². The second-order valence-corrected chi connectivity index (χ2v) is 7.11. The molecule has 1 saturated heterocycles. The lowest BCUT2D eigenvalue weighted by Crippen LogP contribution is -2.52. The summed E-state index contributed by atoms with van der Waals surface area (Å²) in [6.07, 6.45) is 1.13. The monoisotopic (exact) mass is 383 g/mol. The number of nitrogens with zero attached hydrogens (tertiary/aromatic N) is 1. The minimum Gasteiger partial charge on any atom is -0.489 e. The van der Waals surface area contributed by atoms with E-state index in [1.54, 1.807) is 11.0 Å². The third-order valence-corrected chi connectivity index (χ3v) is 5.12. The molecular formula is C22H25NO5. The highest BCUT2D eigenvalue weighted by atomic mass is 16.5. The van der Waals surface area contributed by atoms with Crippen LogP contribution >= 0.6 is 0 Å². The predicted octanol–water partition coefficient (Wildman–Crippen LogP) is 3.22. The summed E-state index contributed by atoms with van der Waals surface area (Å²) < 4.78 is 11.0. The van der Waals surface area contributed by atoms with Crippen LogP contribution in [0.3, 0.4) is 0 Å². The van der Waals surface area contributed by atoms with Crippen LogP contribution < -0.4 is 4.74 Å². The predicted molar refractivity (Wildman–Crippen MR) is 104 cm³/mol. The van der Waals surface area contributed by atoms with Crippen LogP contribution in [0.2, 0.25) is 0 Å². The molecule has 1 fully saturated rings. The highest BCUT2D eigenvalue weighted by Crippen LogP contribution is 2.32. The molecule has 0 spiro atoms. The van der Waals surface area contributed by atoms with E-state index in [1.807, 2.05) is 48.5 Å². The van der Waals surface area contributed by atoms with E-state index in [2.05, 4.69) is 0 Å². The molecule has 148 valence electrons. The van der Waals surface area contributed by atoms with E-state index in [9.17, 15) is 14.7 Å². The molecule has 6 nitrogen and oxygen atoms in total. The molecule has 0 saturated carbocycles. The lowest BCUT2D eigenvalue weighted by atomic mass is 9.80. The van der Waals surface area contributed by atoms with Gasteiger partial charge in [-0.3, -0.25) is 9.59 Å². The molecule has 2 aromatic carbocycles. The van der Waals surface area contributed by atoms with Crippen LogP contribution in [-0.4, -0.2) is 48.7 Å². The lowest BCUT2D eigenvalue weighted by Gasteiger charge is -2.39. The summed E-state index contributed by atoms with van der Waals surface area (Å²) in [5, 5.41) is 9.72. The van der Waals surface area contributed by atoms with Crippen molar-refractivity contribution in [1.82, 2.24) is 4.90 Å². The van der Waals surface area contributed by atoms with Gasteiger partial charge in [-0.05, 0) is 31.0 Å². The normalized spacial score (nSPS) is 19.2. The van der Waals surface area contributed by atoms with Gasteiger partial charge in [0, 0.05) is 31.3 Å². The van der Waals surface area contributed by atoms with Crippen LogP contribution in [0.15, 0.2) is 54.6 Å². The van der Waals surface area contributed by atoms with E-state index in [0.29, 0.717) is 24.9 Å². The Morgan fingerprint density at radius 1 is 1.11 bits per heavy atom. The number of methoxy groups -OCH3 is 1. The standard InChI is InChI=1S/C22H25NO5/c1-27-16-22(21(25)26)12-7-13-23(15-22)20(24)19-11-6-5-8-17(19)14-28-18-9-3-2-4-10-18/h2-6,8-11H,7,12-16H2,1H3,(H,25,26). The molecule has 0 radical (unpaired) electrons. The average Bonchev–Trinajstić information content (AvgIpc) is 2.73. The summed E-state index contributed by atoms with van der Waals surface area (Å²) in [5.41, 5.74) is 0.254. The smallest absolute Gasteiger partial charge is 0.313 e. The Morgan fingerprint density at radius 2 is 1.82 bits per heavy atom. The maximum absolute atomic E-state index is 13.2. The van der Waals surface area contributed by atoms with E-state index < -0.39 is 11.4 Å². The summed E-state index contributed by atoms with van der Waals surface area (Å²) in [5.74, 6) is -0.367. The number of amides is 1. The molecule has 3 rings (SSSR count). The summed E-state index contributed by atoms with van der Waals surface area (Å²) >= 11 is 0. The maximum Gasteiger partial charge on any atom is 0.313 e. The number of hydrogen-bond donors (Lipinski definition) is 1. The van der Waals surface area contributed by atoms with Crippen molar-refractivity contribution >= 4 is 11.9 Å². The fourth-order valence-corrected chi connectivity index (χ4v) is 3.64. The van der Waals surface area contributed by atoms with Crippen LogP contribution in [0.5, 0.6) is 5.75 Å². The molecule has 1 aliphatic rings. The maximum atomic E-state index is 13.2. The van der Waals surface area contributed by atoms with Gasteiger partial charge in [0.1, 0.15) is 17.8 Å². The van der Waals surface area contributed by atoms with E-state index >= 15 is 0 Å². The van der Waals surface area contributed by atoms with Crippen molar-refractivity contribution in [2.45, 2.75) is 19.4 Å². The number of hydrogen-bond acceptors (Lipinski definition) is 4. The molecular weight excluding hydrogens is 358 g/mol. The number of benzene rings is 2. The molecule has 1 N–H and O–H groups in total. The second-order valence-electron chi connectivity index (χ2n) is 7.11. The van der Waals surface area contributed by atoms with Crippen molar-refractivity contribution in [2.75, 3.05) is 26.8 Å². The van der Waals surface area contributed by atoms with Crippen LogP contribution in [0.4, 0.5) is 0 Å². The zero-order valence-electron chi connectivity index (χ0n) is 16.0. The largest absolute Gasteiger partial charge is 0.489 e. The first kappa shape index (κ1) is 19.9. The quantitative estimate of drug-likeness (QED) is 0.794. The van der Waals surface area contributed by atoms with Crippen molar-refractivity contribution in [3.8, 4) is 5.75 Å². The molecule has 0 aliphatic carbocycles. The van der Waals surface area contributed by atoms with Crippen molar-refractivity contribution in [3.63, 3.8) is 0 Å². The molecule has 1 aliphatic heterocycles. The van der Waals surface area contributed by atoms with E-state index in [1.165, 1.54) is 7.11 Å². The zero-order chi connectivity index (χ0) is 20.0. The Bertz CT molecular complexity index is 819. The third kappa shape index (κ3) is 4.34. The fourth-order valence-electron chi connectivity index (χ4n) is 3.64. The number of carbonyl (C=O) groups excluding carboxylic acids is 1. The van der Waals surface area contributed by atoms with E-state index in [0.717, 1.165) is 11.3 Å². The van der Waals surface area contributed by atoms with E-state index in [4.69, 9.17) is 9.47 Å². The summed E-state index contributed by atoms with van der Waals surface area (Å²) in [6, 6.07) is 16.7. The Kier molecular flexibility index (Phi) is 6.31. The molecule has 0 aromatic heterocycles. The molecule has 28 heavy (non-hydrogen) atoms. The van der Waals surface area contributed by atoms with Crippen molar-refractivity contribution in [2.24, 2.45) is 5.41 Å². The summed E-state index contributed by atoms with van der Waals surface area (Å²) in [6.45, 7) is 1.03. The first-order valence-corrected chi connectivity index (χ1v) is 9.33. The summed E-state index contributed by atoms with van der Waals surface area (Å²) in [4.78, 5) is 26.7. The minimum absolute atomic E-state index is 0.0882. The minimum atomic E-state index is -1.06. The average molecular weight is 383 g/mol. The van der Waals surface area contributed by atoms with Gasteiger partial charge in [-0.1, -0.05) is 36.4 Å². The van der Waals surface area contributed by atoms with Gasteiger partial charge < -0.3 is 19.5 Å². The number of carboxylic acid groups (broad SMARTS) is 1. The first-order valence-electron chi connectivity index (χ1n) is 9.33. The second kappa shape index (κ2) is 8.89. The van der Waals surface area contributed by atoms with Gasteiger partial charge in [-0.2, -0.15) is 0 Å². The number of carbonyl (C=O) groups is 2. The van der Waals surface area contributed by atoms with Crippen LogP contribution in [0.1, 0.15) is 28.8 Å². The number of ether oxygens (including phenoxy) is 2. The van der Waals surface area contributed by atoms with Gasteiger partial charge in [0.15, 0.2) is 0 Å². The topological polar surface area (TPSA) is 76.1 Å². The number of para-hydroxylation sites is 1. The zero-order valence-corrected chi connectivity index (χ0v) is 16.0. The number of likely N-dealkylation sites (tertiary alicyclic amines) is 1. The van der Waals surface area contributed by atoms with Gasteiger partial charge >= 0.3 is 5.97 Å². The number of rotatable bonds is 7. The number of piperidine rings is 1. The lowest BCUT2D eigenvalue weighted by molar-refractivity contribution is -0.155. The Labute approximate surface area is 164 Å². The Hall–Kier alpha value is -2.86. The van der Waals surface area contributed by atoms with Crippen LogP contribution in [0, 0.1) is 5.41 Å². The molecule has 1 unspecified atom stereocenters. The van der Waals surface area contributed by atoms with Crippen molar-refractivity contribution in [1.29, 1.82) is 0 Å². The highest BCUT2D eigenvalue weighted by Gasteiger charge is 2.44. The van der Waals surface area contributed by atoms with Crippen LogP contribution in [-0.2, 0) is 16.1 Å². The summed E-state index contributed by atoms with van der Waals surface area (Å²) in [7, 11) is 1.49. The van der Waals surface area contributed by atoms with Gasteiger partial charge in [0.05, 0.1) is 6.61 Å². The molecule has 1 amide bonds. The molecule has 2 aromatic rings. The van der Waals surface area contributed by atoms with E-state index in [-0.39, 0.29) is 25.7 Å². The van der Waals surface area contributed by atoms with Crippen molar-refractivity contribution < 1.29 is 24.2 Å².